The lowest BCUT2D eigenvalue weighted by molar-refractivity contribution is 0.128. The highest BCUT2D eigenvalue weighted by atomic mass is 16.5. The van der Waals surface area contributed by atoms with E-state index < -0.39 is 0 Å². The Morgan fingerprint density at radius 3 is 2.62 bits per heavy atom. The van der Waals surface area contributed by atoms with Gasteiger partial charge in [0, 0.05) is 18.2 Å². The Labute approximate surface area is 124 Å². The SMILES string of the molecule is CCCOc1ccc(-c2cc(=O)[nH]c(COCC)n2)cc1. The summed E-state index contributed by atoms with van der Waals surface area (Å²) in [6.45, 7) is 5.54. The Hall–Kier alpha value is -2.14. The van der Waals surface area contributed by atoms with Gasteiger partial charge in [-0.25, -0.2) is 4.98 Å². The van der Waals surface area contributed by atoms with Gasteiger partial charge in [-0.3, -0.25) is 4.79 Å². The van der Waals surface area contributed by atoms with Crippen LogP contribution in [0.4, 0.5) is 0 Å². The number of aromatic amines is 1. The standard InChI is InChI=1S/C16H20N2O3/c1-3-9-21-13-7-5-12(6-8-13)14-10-16(19)18-15(17-14)11-20-4-2/h5-8,10H,3-4,9,11H2,1-2H3,(H,17,18,19). The molecular formula is C16H20N2O3. The van der Waals surface area contributed by atoms with Gasteiger partial charge in [-0.2, -0.15) is 0 Å². The number of rotatable bonds is 7. The number of nitrogens with zero attached hydrogens (tertiary/aromatic N) is 1. The molecule has 2 aromatic rings. The molecule has 5 heteroatoms. The Kier molecular flexibility index (Phi) is 5.51. The van der Waals surface area contributed by atoms with Crippen molar-refractivity contribution in [3.8, 4) is 17.0 Å². The molecule has 0 amide bonds. The van der Waals surface area contributed by atoms with E-state index >= 15 is 0 Å². The highest BCUT2D eigenvalue weighted by molar-refractivity contribution is 5.59. The van der Waals surface area contributed by atoms with Crippen LogP contribution in [0.2, 0.25) is 0 Å². The first-order valence-electron chi connectivity index (χ1n) is 7.14. The molecule has 0 aliphatic carbocycles. The molecule has 1 N–H and O–H groups in total. The van der Waals surface area contributed by atoms with Crippen molar-refractivity contribution in [2.75, 3.05) is 13.2 Å². The summed E-state index contributed by atoms with van der Waals surface area (Å²) in [5.74, 6) is 1.35. The van der Waals surface area contributed by atoms with Crippen molar-refractivity contribution in [1.29, 1.82) is 0 Å². The normalized spacial score (nSPS) is 10.6. The molecule has 0 bridgehead atoms. The minimum Gasteiger partial charge on any atom is -0.494 e. The van der Waals surface area contributed by atoms with E-state index in [9.17, 15) is 4.79 Å². The van der Waals surface area contributed by atoms with E-state index in [4.69, 9.17) is 9.47 Å². The molecule has 0 radical (unpaired) electrons. The van der Waals surface area contributed by atoms with Gasteiger partial charge in [-0.1, -0.05) is 6.92 Å². The van der Waals surface area contributed by atoms with Crippen LogP contribution in [0.5, 0.6) is 5.75 Å². The van der Waals surface area contributed by atoms with Crippen LogP contribution in [0.3, 0.4) is 0 Å². The lowest BCUT2D eigenvalue weighted by Gasteiger charge is -2.07. The maximum atomic E-state index is 11.7. The molecule has 0 saturated heterocycles. The zero-order valence-electron chi connectivity index (χ0n) is 12.4. The minimum absolute atomic E-state index is 0.180. The van der Waals surface area contributed by atoms with Gasteiger partial charge in [-0.15, -0.1) is 0 Å². The number of nitrogens with one attached hydrogen (secondary N) is 1. The van der Waals surface area contributed by atoms with Gasteiger partial charge in [0.1, 0.15) is 18.2 Å². The third kappa shape index (κ3) is 4.43. The summed E-state index contributed by atoms with van der Waals surface area (Å²) in [5, 5.41) is 0. The summed E-state index contributed by atoms with van der Waals surface area (Å²) < 4.78 is 10.8. The van der Waals surface area contributed by atoms with Gasteiger partial charge in [0.25, 0.3) is 5.56 Å². The predicted molar refractivity (Wildman–Crippen MR) is 81.4 cm³/mol. The Bertz CT molecular complexity index is 620. The first-order valence-corrected chi connectivity index (χ1v) is 7.14. The van der Waals surface area contributed by atoms with E-state index in [1.165, 1.54) is 6.07 Å². The van der Waals surface area contributed by atoms with E-state index in [1.54, 1.807) is 0 Å². The lowest BCUT2D eigenvalue weighted by Crippen LogP contribution is -2.12. The van der Waals surface area contributed by atoms with Crippen molar-refractivity contribution >= 4 is 0 Å². The third-order valence-electron chi connectivity index (χ3n) is 2.86. The van der Waals surface area contributed by atoms with Crippen LogP contribution in [-0.2, 0) is 11.3 Å². The highest BCUT2D eigenvalue weighted by Crippen LogP contribution is 2.20. The third-order valence-corrected chi connectivity index (χ3v) is 2.86. The van der Waals surface area contributed by atoms with Crippen molar-refractivity contribution in [1.82, 2.24) is 9.97 Å². The largest absolute Gasteiger partial charge is 0.494 e. The van der Waals surface area contributed by atoms with Crippen LogP contribution < -0.4 is 10.3 Å². The van der Waals surface area contributed by atoms with Crippen LogP contribution in [0.15, 0.2) is 35.1 Å². The Balaban J connectivity index is 2.20. The second-order valence-corrected chi connectivity index (χ2v) is 4.59. The topological polar surface area (TPSA) is 64.2 Å². The molecule has 1 heterocycles. The maximum absolute atomic E-state index is 11.7. The Morgan fingerprint density at radius 1 is 1.19 bits per heavy atom. The number of aromatic nitrogens is 2. The molecule has 5 nitrogen and oxygen atoms in total. The summed E-state index contributed by atoms with van der Waals surface area (Å²) in [4.78, 5) is 18.8. The monoisotopic (exact) mass is 288 g/mol. The first kappa shape index (κ1) is 15.3. The summed E-state index contributed by atoms with van der Waals surface area (Å²) in [6, 6.07) is 9.05. The van der Waals surface area contributed by atoms with Gasteiger partial charge < -0.3 is 14.5 Å². The molecule has 112 valence electrons. The van der Waals surface area contributed by atoms with E-state index in [0.29, 0.717) is 31.3 Å². The van der Waals surface area contributed by atoms with Crippen molar-refractivity contribution in [3.63, 3.8) is 0 Å². The van der Waals surface area contributed by atoms with Crippen LogP contribution >= 0.6 is 0 Å². The fourth-order valence-corrected chi connectivity index (χ4v) is 1.86. The van der Waals surface area contributed by atoms with Crippen molar-refractivity contribution in [2.24, 2.45) is 0 Å². The van der Waals surface area contributed by atoms with E-state index in [2.05, 4.69) is 16.9 Å². The summed E-state index contributed by atoms with van der Waals surface area (Å²) in [6.07, 6.45) is 0.970. The van der Waals surface area contributed by atoms with Crippen LogP contribution in [0, 0.1) is 0 Å². The van der Waals surface area contributed by atoms with Crippen molar-refractivity contribution < 1.29 is 9.47 Å². The van der Waals surface area contributed by atoms with Gasteiger partial charge >= 0.3 is 0 Å². The molecule has 0 atom stereocenters. The quantitative estimate of drug-likeness (QED) is 0.851. The number of hydrogen-bond acceptors (Lipinski definition) is 4. The minimum atomic E-state index is -0.180. The van der Waals surface area contributed by atoms with Crippen LogP contribution in [0.1, 0.15) is 26.1 Å². The zero-order chi connectivity index (χ0) is 15.1. The van der Waals surface area contributed by atoms with E-state index in [-0.39, 0.29) is 5.56 Å². The molecule has 0 spiro atoms. The summed E-state index contributed by atoms with van der Waals surface area (Å²) >= 11 is 0. The number of benzene rings is 1. The first-order chi connectivity index (χ1) is 10.2. The average molecular weight is 288 g/mol. The second-order valence-electron chi connectivity index (χ2n) is 4.59. The zero-order valence-corrected chi connectivity index (χ0v) is 12.4. The smallest absolute Gasteiger partial charge is 0.251 e. The van der Waals surface area contributed by atoms with Crippen molar-refractivity contribution in [3.05, 3.63) is 46.5 Å². The molecule has 0 saturated carbocycles. The maximum Gasteiger partial charge on any atom is 0.251 e. The number of ether oxygens (including phenoxy) is 2. The average Bonchev–Trinajstić information content (AvgIpc) is 2.51. The van der Waals surface area contributed by atoms with Gasteiger partial charge in [0.15, 0.2) is 0 Å². The molecule has 21 heavy (non-hydrogen) atoms. The fourth-order valence-electron chi connectivity index (χ4n) is 1.86. The van der Waals surface area contributed by atoms with Gasteiger partial charge in [-0.05, 0) is 37.6 Å². The van der Waals surface area contributed by atoms with Crippen LogP contribution in [0.25, 0.3) is 11.3 Å². The summed E-state index contributed by atoms with van der Waals surface area (Å²) in [7, 11) is 0. The Morgan fingerprint density at radius 2 is 1.95 bits per heavy atom. The number of H-pyrrole nitrogens is 1. The van der Waals surface area contributed by atoms with Gasteiger partial charge in [0.05, 0.1) is 12.3 Å². The molecular weight excluding hydrogens is 268 g/mol. The van der Waals surface area contributed by atoms with Crippen LogP contribution in [-0.4, -0.2) is 23.2 Å². The molecule has 2 rings (SSSR count). The highest BCUT2D eigenvalue weighted by Gasteiger charge is 2.05. The molecule has 0 aliphatic rings. The fraction of sp³-hybridized carbons (Fsp3) is 0.375. The van der Waals surface area contributed by atoms with Gasteiger partial charge in [0.2, 0.25) is 0 Å². The molecule has 0 unspecified atom stereocenters. The molecule has 1 aromatic heterocycles. The molecule has 0 aliphatic heterocycles. The molecule has 0 fully saturated rings. The molecule has 1 aromatic carbocycles. The number of hydrogen-bond donors (Lipinski definition) is 1. The second kappa shape index (κ2) is 7.59. The summed E-state index contributed by atoms with van der Waals surface area (Å²) in [5.41, 5.74) is 1.33. The van der Waals surface area contributed by atoms with E-state index in [1.807, 2.05) is 31.2 Å². The predicted octanol–water partition coefficient (Wildman–Crippen LogP) is 2.76. The van der Waals surface area contributed by atoms with E-state index in [0.717, 1.165) is 17.7 Å². The van der Waals surface area contributed by atoms with Crippen molar-refractivity contribution in [2.45, 2.75) is 26.9 Å². The lowest BCUT2D eigenvalue weighted by atomic mass is 10.1.